The standard InChI is InChI=1S/C53H34N2O/c1-3-15-35(16-4-1)48-34-49(55-52(54-48)36-17-5-2-6-18-36)41-22-14-21-39(32-41)37-19-13-20-38(31-37)40-29-30-47-51(33-40)56-50-28-12-11-27-46(50)53(47)44-25-9-7-23-42(44)43-24-8-10-26-45(43)53/h1-34H. The zero-order valence-corrected chi connectivity index (χ0v) is 30.4. The predicted molar refractivity (Wildman–Crippen MR) is 227 cm³/mol. The van der Waals surface area contributed by atoms with Gasteiger partial charge in [0.05, 0.1) is 16.8 Å². The molecule has 0 atom stereocenters. The van der Waals surface area contributed by atoms with Crippen LogP contribution in [0.25, 0.3) is 67.3 Å². The molecule has 0 radical (unpaired) electrons. The fourth-order valence-electron chi connectivity index (χ4n) is 8.85. The molecule has 1 aliphatic heterocycles. The van der Waals surface area contributed by atoms with Crippen molar-refractivity contribution in [3.8, 4) is 78.8 Å². The Morgan fingerprint density at radius 1 is 0.304 bits per heavy atom. The monoisotopic (exact) mass is 714 g/mol. The summed E-state index contributed by atoms with van der Waals surface area (Å²) in [4.78, 5) is 10.1. The van der Waals surface area contributed by atoms with E-state index < -0.39 is 5.41 Å². The summed E-state index contributed by atoms with van der Waals surface area (Å²) in [6.07, 6.45) is 0. The van der Waals surface area contributed by atoms with Crippen LogP contribution in [0.3, 0.4) is 0 Å². The highest BCUT2D eigenvalue weighted by molar-refractivity contribution is 5.89. The Morgan fingerprint density at radius 2 is 0.768 bits per heavy atom. The highest BCUT2D eigenvalue weighted by Gasteiger charge is 2.50. The highest BCUT2D eigenvalue weighted by atomic mass is 16.5. The van der Waals surface area contributed by atoms with E-state index in [2.05, 4.69) is 170 Å². The third kappa shape index (κ3) is 5.05. The molecule has 1 spiro atoms. The Kier molecular flexibility index (Phi) is 7.39. The van der Waals surface area contributed by atoms with Crippen molar-refractivity contribution >= 4 is 0 Å². The highest BCUT2D eigenvalue weighted by Crippen LogP contribution is 2.62. The first-order valence-corrected chi connectivity index (χ1v) is 19.1. The van der Waals surface area contributed by atoms with Gasteiger partial charge in [0.25, 0.3) is 0 Å². The molecule has 9 aromatic rings. The fraction of sp³-hybridized carbons (Fsp3) is 0.0189. The molecule has 2 aliphatic rings. The molecule has 11 rings (SSSR count). The van der Waals surface area contributed by atoms with E-state index in [9.17, 15) is 0 Å². The largest absolute Gasteiger partial charge is 0.457 e. The van der Waals surface area contributed by atoms with Gasteiger partial charge in [0.15, 0.2) is 5.82 Å². The number of rotatable bonds is 5. The molecular formula is C53H34N2O. The molecule has 1 aliphatic carbocycles. The average molecular weight is 715 g/mol. The van der Waals surface area contributed by atoms with Crippen LogP contribution in [0.4, 0.5) is 0 Å². The lowest BCUT2D eigenvalue weighted by Crippen LogP contribution is -2.32. The molecule has 262 valence electrons. The van der Waals surface area contributed by atoms with Gasteiger partial charge in [-0.2, -0.15) is 0 Å². The number of hydrogen-bond donors (Lipinski definition) is 0. The van der Waals surface area contributed by atoms with Crippen molar-refractivity contribution in [2.24, 2.45) is 0 Å². The lowest BCUT2D eigenvalue weighted by atomic mass is 9.66. The maximum absolute atomic E-state index is 6.81. The molecule has 0 amide bonds. The van der Waals surface area contributed by atoms with E-state index in [0.29, 0.717) is 5.82 Å². The first-order chi connectivity index (χ1) is 27.7. The summed E-state index contributed by atoms with van der Waals surface area (Å²) in [6, 6.07) is 73.0. The molecule has 8 aromatic carbocycles. The van der Waals surface area contributed by atoms with Gasteiger partial charge in [0.2, 0.25) is 0 Å². The first-order valence-electron chi connectivity index (χ1n) is 19.1. The molecule has 56 heavy (non-hydrogen) atoms. The Balaban J connectivity index is 1.00. The molecule has 0 fully saturated rings. The molecule has 0 saturated carbocycles. The van der Waals surface area contributed by atoms with Gasteiger partial charge in [0, 0.05) is 27.8 Å². The number of nitrogens with zero attached hydrogens (tertiary/aromatic N) is 2. The minimum absolute atomic E-state index is 0.472. The number of aromatic nitrogens is 2. The predicted octanol–water partition coefficient (Wildman–Crippen LogP) is 13.3. The number of para-hydroxylation sites is 1. The van der Waals surface area contributed by atoms with Crippen LogP contribution in [0.2, 0.25) is 0 Å². The zero-order valence-electron chi connectivity index (χ0n) is 30.4. The van der Waals surface area contributed by atoms with Crippen LogP contribution in [-0.4, -0.2) is 9.97 Å². The fourth-order valence-corrected chi connectivity index (χ4v) is 8.85. The summed E-state index contributed by atoms with van der Waals surface area (Å²) in [5.41, 5.74) is 16.3. The topological polar surface area (TPSA) is 35.0 Å². The summed E-state index contributed by atoms with van der Waals surface area (Å²) < 4.78 is 6.81. The van der Waals surface area contributed by atoms with Crippen molar-refractivity contribution in [2.45, 2.75) is 5.41 Å². The second-order valence-electron chi connectivity index (χ2n) is 14.5. The van der Waals surface area contributed by atoms with Crippen molar-refractivity contribution in [3.05, 3.63) is 229 Å². The van der Waals surface area contributed by atoms with Gasteiger partial charge in [-0.05, 0) is 74.8 Å². The number of hydrogen-bond acceptors (Lipinski definition) is 3. The van der Waals surface area contributed by atoms with Gasteiger partial charge < -0.3 is 4.74 Å². The molecule has 0 saturated heterocycles. The third-order valence-electron chi connectivity index (χ3n) is 11.4. The maximum Gasteiger partial charge on any atom is 0.160 e. The molecule has 0 unspecified atom stereocenters. The van der Waals surface area contributed by atoms with Gasteiger partial charge in [0.1, 0.15) is 11.5 Å². The summed E-state index contributed by atoms with van der Waals surface area (Å²) in [5.74, 6) is 2.48. The van der Waals surface area contributed by atoms with E-state index in [1.807, 2.05) is 36.4 Å². The zero-order chi connectivity index (χ0) is 37.1. The van der Waals surface area contributed by atoms with Crippen molar-refractivity contribution in [1.82, 2.24) is 9.97 Å². The van der Waals surface area contributed by atoms with Crippen LogP contribution in [0.1, 0.15) is 22.3 Å². The maximum atomic E-state index is 6.81. The number of benzene rings is 8. The van der Waals surface area contributed by atoms with Gasteiger partial charge in [-0.25, -0.2) is 9.97 Å². The van der Waals surface area contributed by atoms with E-state index in [1.165, 1.54) is 27.8 Å². The smallest absolute Gasteiger partial charge is 0.160 e. The first kappa shape index (κ1) is 32.1. The molecule has 3 heteroatoms. The Hall–Kier alpha value is -7.36. The van der Waals surface area contributed by atoms with Crippen LogP contribution >= 0.6 is 0 Å². The van der Waals surface area contributed by atoms with Gasteiger partial charge in [-0.15, -0.1) is 0 Å². The Morgan fingerprint density at radius 3 is 1.43 bits per heavy atom. The van der Waals surface area contributed by atoms with Crippen LogP contribution in [0.15, 0.2) is 206 Å². The molecule has 3 nitrogen and oxygen atoms in total. The lowest BCUT2D eigenvalue weighted by molar-refractivity contribution is 0.436. The van der Waals surface area contributed by atoms with Crippen LogP contribution in [-0.2, 0) is 5.41 Å². The van der Waals surface area contributed by atoms with Crippen LogP contribution < -0.4 is 4.74 Å². The second-order valence-corrected chi connectivity index (χ2v) is 14.5. The third-order valence-corrected chi connectivity index (χ3v) is 11.4. The molecule has 0 bridgehead atoms. The van der Waals surface area contributed by atoms with Gasteiger partial charge in [-0.3, -0.25) is 0 Å². The van der Waals surface area contributed by atoms with Crippen molar-refractivity contribution in [1.29, 1.82) is 0 Å². The molecular weight excluding hydrogens is 681 g/mol. The lowest BCUT2D eigenvalue weighted by Gasteiger charge is -2.39. The van der Waals surface area contributed by atoms with Crippen molar-refractivity contribution in [2.75, 3.05) is 0 Å². The minimum atomic E-state index is -0.472. The second kappa shape index (κ2) is 12.9. The summed E-state index contributed by atoms with van der Waals surface area (Å²) in [7, 11) is 0. The van der Waals surface area contributed by atoms with E-state index in [1.54, 1.807) is 0 Å². The quantitative estimate of drug-likeness (QED) is 0.178. The summed E-state index contributed by atoms with van der Waals surface area (Å²) >= 11 is 0. The summed E-state index contributed by atoms with van der Waals surface area (Å²) in [5, 5.41) is 0. The Labute approximate surface area is 326 Å². The van der Waals surface area contributed by atoms with Crippen molar-refractivity contribution < 1.29 is 4.74 Å². The van der Waals surface area contributed by atoms with Crippen LogP contribution in [0.5, 0.6) is 11.5 Å². The van der Waals surface area contributed by atoms with Crippen LogP contribution in [0, 0.1) is 0 Å². The molecule has 2 heterocycles. The Bertz CT molecular complexity index is 2850. The normalized spacial score (nSPS) is 12.9. The molecule has 1 aromatic heterocycles. The number of fused-ring (bicyclic) bond motifs is 9. The SMILES string of the molecule is c1ccc(-c2cc(-c3cccc(-c4cccc(-c5ccc6c(c5)Oc5ccccc5C65c6ccccc6-c6ccccc65)c4)c3)nc(-c3ccccc3)n2)cc1. The van der Waals surface area contributed by atoms with Gasteiger partial charge >= 0.3 is 0 Å². The minimum Gasteiger partial charge on any atom is -0.457 e. The van der Waals surface area contributed by atoms with E-state index in [-0.39, 0.29) is 0 Å². The molecule has 0 N–H and O–H groups in total. The van der Waals surface area contributed by atoms with E-state index >= 15 is 0 Å². The van der Waals surface area contributed by atoms with E-state index in [0.717, 1.165) is 67.4 Å². The average Bonchev–Trinajstić information content (AvgIpc) is 3.57. The number of ether oxygens (including phenoxy) is 1. The van der Waals surface area contributed by atoms with Gasteiger partial charge in [-0.1, -0.05) is 176 Å². The van der Waals surface area contributed by atoms with E-state index in [4.69, 9.17) is 14.7 Å². The van der Waals surface area contributed by atoms with Crippen molar-refractivity contribution in [3.63, 3.8) is 0 Å². The summed E-state index contributed by atoms with van der Waals surface area (Å²) in [6.45, 7) is 0.